The topological polar surface area (TPSA) is 454 Å². The Morgan fingerprint density at radius 2 is 1.27 bits per heavy atom. The first-order chi connectivity index (χ1) is 37.1. The highest BCUT2D eigenvalue weighted by Gasteiger charge is 2.38. The fourth-order valence-corrected chi connectivity index (χ4v) is 8.62. The maximum atomic E-state index is 14.0. The van der Waals surface area contributed by atoms with Gasteiger partial charge in [0.25, 0.3) is 0 Å². The predicted octanol–water partition coefficient (Wildman–Crippen LogP) is -2.95. The molecule has 2 aromatic rings. The fourth-order valence-electron chi connectivity index (χ4n) is 8.62. The Balaban J connectivity index is 1.72. The molecule has 79 heavy (non-hydrogen) atoms. The van der Waals surface area contributed by atoms with Crippen molar-refractivity contribution in [2.75, 3.05) is 19.6 Å². The number of aliphatic hydroxyl groups is 1. The molecule has 1 fully saturated rings. The third-order valence-corrected chi connectivity index (χ3v) is 12.8. The van der Waals surface area contributed by atoms with E-state index in [4.69, 9.17) is 17.2 Å². The van der Waals surface area contributed by atoms with Gasteiger partial charge in [-0.1, -0.05) is 45.9 Å². The van der Waals surface area contributed by atoms with Crippen LogP contribution >= 0.6 is 0 Å². The van der Waals surface area contributed by atoms with Crippen LogP contribution in [0.5, 0.6) is 0 Å². The number of nitrogens with one attached hydrogen (secondary N) is 9. The number of nitrogens with two attached hydrogens (primary N) is 3. The molecule has 2 heterocycles. The van der Waals surface area contributed by atoms with Crippen molar-refractivity contribution in [3.63, 3.8) is 0 Å². The van der Waals surface area contributed by atoms with Gasteiger partial charge in [-0.25, -0.2) is 4.79 Å². The van der Waals surface area contributed by atoms with Crippen LogP contribution in [0.25, 0.3) is 10.9 Å². The number of nitrogens with zero attached hydrogens (tertiary/aromatic N) is 2. The quantitative estimate of drug-likeness (QED) is 0.0198. The van der Waals surface area contributed by atoms with Crippen LogP contribution in [-0.2, 0) is 59.2 Å². The number of aliphatic carboxylic acids is 2. The van der Waals surface area contributed by atoms with E-state index < -0.39 is 145 Å². The second-order valence-electron chi connectivity index (χ2n) is 20.5. The third-order valence-electron chi connectivity index (χ3n) is 12.8. The van der Waals surface area contributed by atoms with Crippen LogP contribution in [0, 0.1) is 11.8 Å². The molecule has 438 valence electrons. The second-order valence-corrected chi connectivity index (χ2v) is 20.5. The highest BCUT2D eigenvalue weighted by molar-refractivity contribution is 5.98. The van der Waals surface area contributed by atoms with Gasteiger partial charge >= 0.3 is 11.9 Å². The minimum absolute atomic E-state index is 0.0329. The van der Waals surface area contributed by atoms with Crippen LogP contribution in [0.3, 0.4) is 0 Å². The standard InChI is InChI=1S/C51H80N14O14/c1-25(2)20-32(52)44(72)63-37(22-30-23-56-33-13-9-8-12-31(30)33)45(73)57-24-39(67)65-19-11-15-38(65)49(77)61-34(14-10-18-55-51(53)54)46(74)58-28(6)43(71)62-36(21-26(3)4)48(76)59-27(5)42(70)60-35(16-17-40(68)69)47(75)64-41(29(7)66)50(78)79/h8-9,12-13,23,25-29,32,34-38,41,56,66H,10-11,14-22,24,52H2,1-7H3,(H,57,73)(H,58,74)(H,59,76)(H,60,70)(H,61,77)(H,62,71)(H,63,72)(H,64,75)(H,68,69)(H,78,79)(H4,53,54,55)/t27-,28-,29+,32-,34-,35-,36-,37-,38-,41-/m0/s1. The van der Waals surface area contributed by atoms with Crippen molar-refractivity contribution >= 4 is 82.0 Å². The molecule has 1 aromatic heterocycles. The van der Waals surface area contributed by atoms with Crippen molar-refractivity contribution in [2.45, 2.75) is 167 Å². The zero-order valence-electron chi connectivity index (χ0n) is 45.8. The molecule has 1 aliphatic rings. The highest BCUT2D eigenvalue weighted by Crippen LogP contribution is 2.21. The van der Waals surface area contributed by atoms with E-state index in [0.29, 0.717) is 12.8 Å². The van der Waals surface area contributed by atoms with Crippen LogP contribution in [-0.4, -0.2) is 176 Å². The minimum atomic E-state index is -1.79. The van der Waals surface area contributed by atoms with Gasteiger partial charge in [0.1, 0.15) is 42.3 Å². The molecule has 0 saturated carbocycles. The molecule has 9 amide bonds. The SMILES string of the molecule is CC(C)C[C@H](NC(=O)[C@H](C)NC(=O)[C@H](CCCN=C(N)N)NC(=O)[C@@H]1CCCN1C(=O)CNC(=O)[C@H](Cc1c[nH]c2ccccc12)NC(=O)[C@@H](N)CC(C)C)C(=O)N[C@@H](C)C(=O)N[C@@H](CCC(=O)O)C(=O)N[C@H](C(=O)O)[C@@H](C)O. The minimum Gasteiger partial charge on any atom is -0.481 e. The number of carboxylic acid groups (broad SMARTS) is 2. The fraction of sp³-hybridized carbons (Fsp3) is 0.608. The number of carboxylic acids is 2. The number of benzene rings is 1. The van der Waals surface area contributed by atoms with Crippen molar-refractivity contribution in [1.29, 1.82) is 0 Å². The number of carbonyl (C=O) groups is 11. The van der Waals surface area contributed by atoms with Gasteiger partial charge in [0, 0.05) is 43.0 Å². The van der Waals surface area contributed by atoms with E-state index in [2.05, 4.69) is 52.5 Å². The summed E-state index contributed by atoms with van der Waals surface area (Å²) in [5.41, 5.74) is 18.7. The van der Waals surface area contributed by atoms with Gasteiger partial charge < -0.3 is 84.9 Å². The van der Waals surface area contributed by atoms with Crippen LogP contribution in [0.1, 0.15) is 105 Å². The Hall–Kier alpha value is -7.88. The molecule has 0 spiro atoms. The molecular formula is C51H80N14O14. The summed E-state index contributed by atoms with van der Waals surface area (Å²) in [7, 11) is 0. The molecule has 18 N–H and O–H groups in total. The lowest BCUT2D eigenvalue weighted by molar-refractivity contribution is -0.145. The van der Waals surface area contributed by atoms with Crippen molar-refractivity contribution in [3.8, 4) is 0 Å². The Bertz CT molecular complexity index is 2510. The largest absolute Gasteiger partial charge is 0.481 e. The van der Waals surface area contributed by atoms with Crippen LogP contribution < -0.4 is 59.7 Å². The van der Waals surface area contributed by atoms with E-state index in [9.17, 15) is 68.1 Å². The summed E-state index contributed by atoms with van der Waals surface area (Å²) in [5, 5.41) is 49.2. The van der Waals surface area contributed by atoms with Gasteiger partial charge in [0.05, 0.1) is 18.7 Å². The summed E-state index contributed by atoms with van der Waals surface area (Å²) in [6.07, 6.45) is 0.286. The number of fused-ring (bicyclic) bond motifs is 1. The zero-order valence-corrected chi connectivity index (χ0v) is 45.8. The predicted molar refractivity (Wildman–Crippen MR) is 288 cm³/mol. The number of para-hydroxylation sites is 1. The van der Waals surface area contributed by atoms with Gasteiger partial charge in [-0.2, -0.15) is 0 Å². The first-order valence-corrected chi connectivity index (χ1v) is 26.3. The van der Waals surface area contributed by atoms with Crippen molar-refractivity contribution < 1.29 is 68.1 Å². The molecule has 0 aliphatic carbocycles. The van der Waals surface area contributed by atoms with Gasteiger partial charge in [0.2, 0.25) is 53.2 Å². The lowest BCUT2D eigenvalue weighted by Gasteiger charge is -2.28. The number of carbonyl (C=O) groups excluding carboxylic acids is 9. The molecule has 1 saturated heterocycles. The van der Waals surface area contributed by atoms with Gasteiger partial charge in [-0.3, -0.25) is 52.9 Å². The first-order valence-electron chi connectivity index (χ1n) is 26.3. The molecular weight excluding hydrogens is 1030 g/mol. The Labute approximate surface area is 457 Å². The van der Waals surface area contributed by atoms with Crippen molar-refractivity contribution in [3.05, 3.63) is 36.0 Å². The maximum absolute atomic E-state index is 14.0. The van der Waals surface area contributed by atoms with Gasteiger partial charge in [-0.05, 0) is 89.2 Å². The number of aliphatic imine (C=N–C) groups is 1. The summed E-state index contributed by atoms with van der Waals surface area (Å²) < 4.78 is 0. The molecule has 0 radical (unpaired) electrons. The summed E-state index contributed by atoms with van der Waals surface area (Å²) in [6, 6.07) is -4.37. The zero-order chi connectivity index (χ0) is 59.3. The number of hydrogen-bond acceptors (Lipinski definition) is 14. The van der Waals surface area contributed by atoms with E-state index in [1.807, 2.05) is 38.1 Å². The Kier molecular flexibility index (Phi) is 26.1. The first kappa shape index (κ1) is 65.4. The van der Waals surface area contributed by atoms with Gasteiger partial charge in [0.15, 0.2) is 12.0 Å². The molecule has 1 aromatic carbocycles. The summed E-state index contributed by atoms with van der Waals surface area (Å²) >= 11 is 0. The van der Waals surface area contributed by atoms with Gasteiger partial charge in [-0.15, -0.1) is 0 Å². The average molecular weight is 1110 g/mol. The number of amides is 9. The van der Waals surface area contributed by atoms with E-state index in [1.54, 1.807) is 20.0 Å². The maximum Gasteiger partial charge on any atom is 0.328 e. The van der Waals surface area contributed by atoms with Crippen LogP contribution in [0.2, 0.25) is 0 Å². The number of guanidine groups is 1. The number of aromatic nitrogens is 1. The molecule has 28 heteroatoms. The normalized spacial score (nSPS) is 16.6. The second kappa shape index (κ2) is 31.5. The number of aliphatic hydroxyl groups excluding tert-OH is 1. The third kappa shape index (κ3) is 21.5. The van der Waals surface area contributed by atoms with E-state index in [-0.39, 0.29) is 63.0 Å². The molecule has 3 rings (SSSR count). The number of rotatable bonds is 32. The van der Waals surface area contributed by atoms with Crippen LogP contribution in [0.15, 0.2) is 35.5 Å². The number of H-pyrrole nitrogens is 1. The summed E-state index contributed by atoms with van der Waals surface area (Å²) in [4.78, 5) is 153. The Morgan fingerprint density at radius 1 is 0.696 bits per heavy atom. The number of likely N-dealkylation sites (tertiary alicyclic amines) is 1. The van der Waals surface area contributed by atoms with E-state index in [1.165, 1.54) is 18.7 Å². The lowest BCUT2D eigenvalue weighted by Crippen LogP contribution is -2.59. The number of aromatic amines is 1. The lowest BCUT2D eigenvalue weighted by atomic mass is 10.0. The number of hydrogen-bond donors (Lipinski definition) is 15. The van der Waals surface area contributed by atoms with Crippen molar-refractivity contribution in [1.82, 2.24) is 52.4 Å². The smallest absolute Gasteiger partial charge is 0.328 e. The Morgan fingerprint density at radius 3 is 1.85 bits per heavy atom. The monoisotopic (exact) mass is 1110 g/mol. The molecule has 10 atom stereocenters. The summed E-state index contributed by atoms with van der Waals surface area (Å²) in [5.74, 6) is -10.4. The van der Waals surface area contributed by atoms with E-state index in [0.717, 1.165) is 23.4 Å². The van der Waals surface area contributed by atoms with Crippen molar-refractivity contribution in [2.24, 2.45) is 34.0 Å². The molecule has 28 nitrogen and oxygen atoms in total. The molecule has 1 aliphatic heterocycles. The van der Waals surface area contributed by atoms with Crippen LogP contribution in [0.4, 0.5) is 0 Å². The average Bonchev–Trinajstić information content (AvgIpc) is 4.10. The molecule has 0 unspecified atom stereocenters. The van der Waals surface area contributed by atoms with E-state index >= 15 is 0 Å². The summed E-state index contributed by atoms with van der Waals surface area (Å²) in [6.45, 7) is 10.6. The molecule has 0 bridgehead atoms. The highest BCUT2D eigenvalue weighted by atomic mass is 16.4.